The normalized spacial score (nSPS) is 33.0. The Balaban J connectivity index is 2.44. The fourth-order valence-electron chi connectivity index (χ4n) is 2.59. The summed E-state index contributed by atoms with van der Waals surface area (Å²) in [7, 11) is 0. The molecule has 1 rings (SSSR count). The van der Waals surface area contributed by atoms with Gasteiger partial charge in [0.25, 0.3) is 0 Å². The first-order chi connectivity index (χ1) is 7.54. The number of hydrogen-bond donors (Lipinski definition) is 2. The zero-order valence-electron chi connectivity index (χ0n) is 10.7. The molecule has 0 heterocycles. The molecule has 2 N–H and O–H groups in total. The highest BCUT2D eigenvalue weighted by molar-refractivity contribution is 4.81. The quantitative estimate of drug-likeness (QED) is 0.757. The largest absolute Gasteiger partial charge is 0.394 e. The first-order valence-electron chi connectivity index (χ1n) is 6.45. The molecule has 1 unspecified atom stereocenters. The molecule has 0 radical (unpaired) electrons. The lowest BCUT2D eigenvalue weighted by molar-refractivity contribution is -0.0776. The molecule has 16 heavy (non-hydrogen) atoms. The maximum absolute atomic E-state index is 9.30. The van der Waals surface area contributed by atoms with Crippen molar-refractivity contribution in [3.8, 4) is 0 Å². The van der Waals surface area contributed by atoms with Gasteiger partial charge in [0.2, 0.25) is 0 Å². The second-order valence-corrected chi connectivity index (χ2v) is 5.53. The molecule has 3 heteroatoms. The number of hydrogen-bond acceptors (Lipinski definition) is 3. The number of ether oxygens (including phenoxy) is 1. The molecule has 96 valence electrons. The van der Waals surface area contributed by atoms with Gasteiger partial charge in [-0.1, -0.05) is 27.2 Å². The van der Waals surface area contributed by atoms with Crippen molar-refractivity contribution in [2.75, 3.05) is 13.2 Å². The van der Waals surface area contributed by atoms with Crippen LogP contribution in [0.1, 0.15) is 40.0 Å². The topological polar surface area (TPSA) is 49.7 Å². The van der Waals surface area contributed by atoms with E-state index in [2.05, 4.69) is 20.8 Å². The van der Waals surface area contributed by atoms with Gasteiger partial charge in [0.15, 0.2) is 0 Å². The van der Waals surface area contributed by atoms with Crippen LogP contribution in [0.3, 0.4) is 0 Å². The van der Waals surface area contributed by atoms with E-state index < -0.39 is 6.10 Å². The second kappa shape index (κ2) is 6.58. The average Bonchev–Trinajstić information content (AvgIpc) is 2.25. The van der Waals surface area contributed by atoms with Crippen LogP contribution < -0.4 is 0 Å². The minimum Gasteiger partial charge on any atom is -0.394 e. The molecule has 0 aromatic heterocycles. The van der Waals surface area contributed by atoms with Crippen LogP contribution in [0.4, 0.5) is 0 Å². The molecule has 0 bridgehead atoms. The van der Waals surface area contributed by atoms with Crippen LogP contribution in [-0.4, -0.2) is 35.6 Å². The lowest BCUT2D eigenvalue weighted by Gasteiger charge is -2.37. The minimum atomic E-state index is -0.731. The molecule has 0 saturated heterocycles. The van der Waals surface area contributed by atoms with Crippen LogP contribution in [0.25, 0.3) is 0 Å². The Morgan fingerprint density at radius 3 is 2.56 bits per heavy atom. The summed E-state index contributed by atoms with van der Waals surface area (Å²) in [4.78, 5) is 0. The fraction of sp³-hybridized carbons (Fsp3) is 1.00. The number of rotatable bonds is 5. The van der Waals surface area contributed by atoms with E-state index in [9.17, 15) is 5.11 Å². The highest BCUT2D eigenvalue weighted by Gasteiger charge is 2.31. The van der Waals surface area contributed by atoms with Crippen molar-refractivity contribution in [1.82, 2.24) is 0 Å². The van der Waals surface area contributed by atoms with Gasteiger partial charge in [-0.15, -0.1) is 0 Å². The van der Waals surface area contributed by atoms with E-state index in [1.165, 1.54) is 12.8 Å². The van der Waals surface area contributed by atoms with Crippen molar-refractivity contribution < 1.29 is 14.9 Å². The molecule has 1 aliphatic carbocycles. The van der Waals surface area contributed by atoms with Gasteiger partial charge < -0.3 is 14.9 Å². The van der Waals surface area contributed by atoms with Crippen molar-refractivity contribution in [3.05, 3.63) is 0 Å². The Kier molecular flexibility index (Phi) is 5.73. The van der Waals surface area contributed by atoms with Crippen molar-refractivity contribution in [2.45, 2.75) is 52.2 Å². The summed E-state index contributed by atoms with van der Waals surface area (Å²) in [5, 5.41) is 18.1. The lowest BCUT2D eigenvalue weighted by atomic mass is 9.75. The Bertz CT molecular complexity index is 194. The Morgan fingerprint density at radius 2 is 2.00 bits per heavy atom. The SMILES string of the molecule is CC(C)[C@@H]1CC[C@@H](C)C[C@@H]1OCC(O)CO. The molecule has 3 nitrogen and oxygen atoms in total. The molecule has 0 amide bonds. The summed E-state index contributed by atoms with van der Waals surface area (Å²) >= 11 is 0. The zero-order chi connectivity index (χ0) is 12.1. The standard InChI is InChI=1S/C13H26O3/c1-9(2)12-5-4-10(3)6-13(12)16-8-11(15)7-14/h9-15H,4-8H2,1-3H3/t10-,11?,12+,13+/m1/s1. The monoisotopic (exact) mass is 230 g/mol. The third-order valence-corrected chi connectivity index (χ3v) is 3.67. The van der Waals surface area contributed by atoms with Crippen LogP contribution in [0.5, 0.6) is 0 Å². The van der Waals surface area contributed by atoms with Gasteiger partial charge in [-0.2, -0.15) is 0 Å². The van der Waals surface area contributed by atoms with Gasteiger partial charge in [0.05, 0.1) is 19.3 Å². The van der Waals surface area contributed by atoms with E-state index in [1.807, 2.05) is 0 Å². The molecular weight excluding hydrogens is 204 g/mol. The van der Waals surface area contributed by atoms with Crippen molar-refractivity contribution >= 4 is 0 Å². The van der Waals surface area contributed by atoms with Gasteiger partial charge in [-0.25, -0.2) is 0 Å². The van der Waals surface area contributed by atoms with E-state index in [0.29, 0.717) is 17.8 Å². The van der Waals surface area contributed by atoms with E-state index >= 15 is 0 Å². The molecule has 1 saturated carbocycles. The number of aliphatic hydroxyl groups is 2. The van der Waals surface area contributed by atoms with Gasteiger partial charge in [0, 0.05) is 0 Å². The van der Waals surface area contributed by atoms with Crippen molar-refractivity contribution in [1.29, 1.82) is 0 Å². The predicted octanol–water partition coefficient (Wildman–Crippen LogP) is 1.82. The molecule has 0 aromatic carbocycles. The predicted molar refractivity (Wildman–Crippen MR) is 64.2 cm³/mol. The molecule has 0 spiro atoms. The third kappa shape index (κ3) is 4.04. The maximum Gasteiger partial charge on any atom is 0.100 e. The highest BCUT2D eigenvalue weighted by Crippen LogP contribution is 2.35. The van der Waals surface area contributed by atoms with Crippen molar-refractivity contribution in [2.24, 2.45) is 17.8 Å². The molecular formula is C13H26O3. The van der Waals surface area contributed by atoms with Gasteiger partial charge in [-0.3, -0.25) is 0 Å². The van der Waals surface area contributed by atoms with Crippen molar-refractivity contribution in [3.63, 3.8) is 0 Å². The Labute approximate surface area is 98.8 Å². The highest BCUT2D eigenvalue weighted by atomic mass is 16.5. The van der Waals surface area contributed by atoms with E-state index in [-0.39, 0.29) is 19.3 Å². The third-order valence-electron chi connectivity index (χ3n) is 3.67. The summed E-state index contributed by atoms with van der Waals surface area (Å²) < 4.78 is 5.77. The maximum atomic E-state index is 9.30. The summed E-state index contributed by atoms with van der Waals surface area (Å²) in [5.74, 6) is 1.94. The molecule has 0 aromatic rings. The summed E-state index contributed by atoms with van der Waals surface area (Å²) in [6, 6.07) is 0. The first kappa shape index (κ1) is 13.9. The Hall–Kier alpha value is -0.120. The van der Waals surface area contributed by atoms with E-state index in [1.54, 1.807) is 0 Å². The minimum absolute atomic E-state index is 0.214. The van der Waals surface area contributed by atoms with E-state index in [4.69, 9.17) is 9.84 Å². The van der Waals surface area contributed by atoms with Crippen LogP contribution in [0.2, 0.25) is 0 Å². The number of aliphatic hydroxyl groups excluding tert-OH is 2. The second-order valence-electron chi connectivity index (χ2n) is 5.53. The molecule has 1 aliphatic rings. The van der Waals surface area contributed by atoms with Crippen LogP contribution in [-0.2, 0) is 4.74 Å². The van der Waals surface area contributed by atoms with Gasteiger partial charge in [-0.05, 0) is 30.6 Å². The Morgan fingerprint density at radius 1 is 1.31 bits per heavy atom. The summed E-state index contributed by atoms with van der Waals surface area (Å²) in [5.41, 5.74) is 0. The van der Waals surface area contributed by atoms with Gasteiger partial charge in [0.1, 0.15) is 6.10 Å². The summed E-state index contributed by atoms with van der Waals surface area (Å²) in [6.07, 6.45) is 3.11. The van der Waals surface area contributed by atoms with Gasteiger partial charge >= 0.3 is 0 Å². The molecule has 4 atom stereocenters. The smallest absolute Gasteiger partial charge is 0.100 e. The summed E-state index contributed by atoms with van der Waals surface area (Å²) in [6.45, 7) is 6.78. The van der Waals surface area contributed by atoms with Crippen LogP contribution in [0, 0.1) is 17.8 Å². The van der Waals surface area contributed by atoms with Crippen LogP contribution >= 0.6 is 0 Å². The lowest BCUT2D eigenvalue weighted by Crippen LogP contribution is -2.36. The molecule has 1 fully saturated rings. The first-order valence-corrected chi connectivity index (χ1v) is 6.45. The fourth-order valence-corrected chi connectivity index (χ4v) is 2.59. The molecule has 0 aliphatic heterocycles. The van der Waals surface area contributed by atoms with Crippen LogP contribution in [0.15, 0.2) is 0 Å². The average molecular weight is 230 g/mol. The zero-order valence-corrected chi connectivity index (χ0v) is 10.7. The van der Waals surface area contributed by atoms with E-state index in [0.717, 1.165) is 6.42 Å².